The average molecular weight is 261 g/mol. The molecule has 0 radical (unpaired) electrons. The van der Waals surface area contributed by atoms with Crippen LogP contribution in [0.2, 0.25) is 0 Å². The van der Waals surface area contributed by atoms with Gasteiger partial charge in [-0.3, -0.25) is 0 Å². The minimum atomic E-state index is 0.738. The monoisotopic (exact) mass is 261 g/mol. The number of rotatable bonds is 7. The first kappa shape index (κ1) is 13.5. The van der Waals surface area contributed by atoms with Crippen molar-refractivity contribution in [2.45, 2.75) is 25.8 Å². The minimum Gasteiger partial charge on any atom is -0.399 e. The summed E-state index contributed by atoms with van der Waals surface area (Å²) >= 11 is 0. The van der Waals surface area contributed by atoms with E-state index >= 15 is 0 Å². The number of nitrogen functional groups attached to an aromatic ring is 1. The lowest BCUT2D eigenvalue weighted by molar-refractivity contribution is 0.191. The van der Waals surface area contributed by atoms with Gasteiger partial charge in [0.2, 0.25) is 0 Å². The molecule has 0 aliphatic rings. The number of ether oxygens (including phenoxy) is 1. The largest absolute Gasteiger partial charge is 0.399 e. The standard InChI is InChI=1S/C13H19N5O/c1-19-10-4-2-3-9-18-13(15-16-17-18)11-5-7-12(14)8-6-11/h5-8H,2-4,9-10,14H2,1H3. The highest BCUT2D eigenvalue weighted by Crippen LogP contribution is 2.17. The maximum atomic E-state index is 5.67. The van der Waals surface area contributed by atoms with Crippen molar-refractivity contribution in [3.05, 3.63) is 24.3 Å². The molecule has 0 atom stereocenters. The van der Waals surface area contributed by atoms with Crippen LogP contribution in [0.1, 0.15) is 19.3 Å². The summed E-state index contributed by atoms with van der Waals surface area (Å²) in [7, 11) is 1.72. The number of methoxy groups -OCH3 is 1. The number of nitrogens with zero attached hydrogens (tertiary/aromatic N) is 4. The summed E-state index contributed by atoms with van der Waals surface area (Å²) in [5.74, 6) is 0.784. The van der Waals surface area contributed by atoms with E-state index in [0.29, 0.717) is 0 Å². The van der Waals surface area contributed by atoms with E-state index in [0.717, 1.165) is 49.5 Å². The molecule has 6 heteroatoms. The van der Waals surface area contributed by atoms with Gasteiger partial charge < -0.3 is 10.5 Å². The smallest absolute Gasteiger partial charge is 0.182 e. The molecule has 0 amide bonds. The molecule has 0 saturated heterocycles. The quantitative estimate of drug-likeness (QED) is 0.606. The third-order valence-electron chi connectivity index (χ3n) is 2.92. The molecule has 0 bridgehead atoms. The zero-order chi connectivity index (χ0) is 13.5. The minimum absolute atomic E-state index is 0.738. The maximum Gasteiger partial charge on any atom is 0.182 e. The lowest BCUT2D eigenvalue weighted by atomic mass is 10.2. The fourth-order valence-corrected chi connectivity index (χ4v) is 1.88. The predicted octanol–water partition coefficient (Wildman–Crippen LogP) is 1.74. The number of nitrogens with two attached hydrogens (primary N) is 1. The van der Waals surface area contributed by atoms with Crippen LogP contribution in [-0.4, -0.2) is 33.9 Å². The molecule has 0 spiro atoms. The second-order valence-electron chi connectivity index (χ2n) is 4.40. The molecule has 6 nitrogen and oxygen atoms in total. The summed E-state index contributed by atoms with van der Waals surface area (Å²) in [5, 5.41) is 11.8. The Morgan fingerprint density at radius 2 is 1.95 bits per heavy atom. The molecule has 0 aliphatic carbocycles. The molecule has 2 rings (SSSR count). The van der Waals surface area contributed by atoms with Gasteiger partial charge in [0.25, 0.3) is 0 Å². The average Bonchev–Trinajstić information content (AvgIpc) is 2.88. The van der Waals surface area contributed by atoms with Crippen LogP contribution in [0, 0.1) is 0 Å². The highest BCUT2D eigenvalue weighted by Gasteiger charge is 2.08. The first-order valence-corrected chi connectivity index (χ1v) is 6.42. The predicted molar refractivity (Wildman–Crippen MR) is 73.4 cm³/mol. The molecular formula is C13H19N5O. The first-order valence-electron chi connectivity index (χ1n) is 6.42. The number of unbranched alkanes of at least 4 members (excludes halogenated alkanes) is 2. The maximum absolute atomic E-state index is 5.67. The second-order valence-corrected chi connectivity index (χ2v) is 4.40. The fourth-order valence-electron chi connectivity index (χ4n) is 1.88. The van der Waals surface area contributed by atoms with Gasteiger partial charge in [-0.05, 0) is 54.0 Å². The Hall–Kier alpha value is -1.95. The number of tetrazole rings is 1. The van der Waals surface area contributed by atoms with Gasteiger partial charge >= 0.3 is 0 Å². The third kappa shape index (κ3) is 3.75. The van der Waals surface area contributed by atoms with Crippen molar-refractivity contribution in [1.29, 1.82) is 0 Å². The number of aryl methyl sites for hydroxylation is 1. The van der Waals surface area contributed by atoms with E-state index in [9.17, 15) is 0 Å². The topological polar surface area (TPSA) is 78.8 Å². The molecule has 2 N–H and O–H groups in total. The number of benzene rings is 1. The van der Waals surface area contributed by atoms with Crippen molar-refractivity contribution in [3.63, 3.8) is 0 Å². The summed E-state index contributed by atoms with van der Waals surface area (Å²) in [6, 6.07) is 7.57. The molecule has 0 aliphatic heterocycles. The van der Waals surface area contributed by atoms with E-state index in [4.69, 9.17) is 10.5 Å². The van der Waals surface area contributed by atoms with Crippen LogP contribution in [0.4, 0.5) is 5.69 Å². The van der Waals surface area contributed by atoms with E-state index in [1.165, 1.54) is 0 Å². The van der Waals surface area contributed by atoms with Crippen LogP contribution in [0.5, 0.6) is 0 Å². The van der Waals surface area contributed by atoms with Crippen LogP contribution in [0.25, 0.3) is 11.4 Å². The Bertz CT molecular complexity index is 494. The van der Waals surface area contributed by atoms with E-state index in [-0.39, 0.29) is 0 Å². The van der Waals surface area contributed by atoms with Crippen molar-refractivity contribution in [2.24, 2.45) is 0 Å². The molecule has 102 valence electrons. The van der Waals surface area contributed by atoms with E-state index in [1.54, 1.807) is 7.11 Å². The molecule has 2 aromatic rings. The van der Waals surface area contributed by atoms with Gasteiger partial charge in [0.15, 0.2) is 5.82 Å². The number of hydrogen-bond donors (Lipinski definition) is 1. The highest BCUT2D eigenvalue weighted by molar-refractivity contribution is 5.58. The van der Waals surface area contributed by atoms with E-state index in [1.807, 2.05) is 28.9 Å². The van der Waals surface area contributed by atoms with Gasteiger partial charge in [0.05, 0.1) is 0 Å². The van der Waals surface area contributed by atoms with Crippen LogP contribution in [0.3, 0.4) is 0 Å². The van der Waals surface area contributed by atoms with Crippen LogP contribution < -0.4 is 5.73 Å². The molecule has 1 aromatic carbocycles. The van der Waals surface area contributed by atoms with E-state index in [2.05, 4.69) is 15.5 Å². The normalized spacial score (nSPS) is 10.8. The second kappa shape index (κ2) is 6.84. The Kier molecular flexibility index (Phi) is 4.85. The highest BCUT2D eigenvalue weighted by atomic mass is 16.5. The van der Waals surface area contributed by atoms with Crippen molar-refractivity contribution in [1.82, 2.24) is 20.2 Å². The molecule has 1 aromatic heterocycles. The fraction of sp³-hybridized carbons (Fsp3) is 0.462. The molecular weight excluding hydrogens is 242 g/mol. The van der Waals surface area contributed by atoms with Crippen molar-refractivity contribution >= 4 is 5.69 Å². The van der Waals surface area contributed by atoms with Gasteiger partial charge in [-0.2, -0.15) is 0 Å². The summed E-state index contributed by atoms with van der Waals surface area (Å²) in [4.78, 5) is 0. The first-order chi connectivity index (χ1) is 9.31. The Morgan fingerprint density at radius 3 is 2.68 bits per heavy atom. The third-order valence-corrected chi connectivity index (χ3v) is 2.92. The number of hydrogen-bond acceptors (Lipinski definition) is 5. The van der Waals surface area contributed by atoms with Gasteiger partial charge in [-0.25, -0.2) is 4.68 Å². The molecule has 1 heterocycles. The van der Waals surface area contributed by atoms with Crippen molar-refractivity contribution in [3.8, 4) is 11.4 Å². The van der Waals surface area contributed by atoms with Gasteiger partial charge in [0, 0.05) is 31.5 Å². The zero-order valence-electron chi connectivity index (χ0n) is 11.1. The van der Waals surface area contributed by atoms with Crippen LogP contribution in [0.15, 0.2) is 24.3 Å². The summed E-state index contributed by atoms with van der Waals surface area (Å²) in [6.07, 6.45) is 3.21. The number of aromatic nitrogens is 4. The Balaban J connectivity index is 1.96. The Labute approximate surface area is 112 Å². The van der Waals surface area contributed by atoms with Crippen molar-refractivity contribution in [2.75, 3.05) is 19.5 Å². The van der Waals surface area contributed by atoms with Gasteiger partial charge in [-0.15, -0.1) is 5.10 Å². The molecule has 0 fully saturated rings. The summed E-state index contributed by atoms with van der Waals surface area (Å²) < 4.78 is 6.86. The van der Waals surface area contributed by atoms with E-state index < -0.39 is 0 Å². The zero-order valence-corrected chi connectivity index (χ0v) is 11.1. The van der Waals surface area contributed by atoms with Crippen molar-refractivity contribution < 1.29 is 4.74 Å². The number of anilines is 1. The molecule has 0 saturated carbocycles. The Morgan fingerprint density at radius 1 is 1.16 bits per heavy atom. The van der Waals surface area contributed by atoms with Gasteiger partial charge in [-0.1, -0.05) is 0 Å². The lowest BCUT2D eigenvalue weighted by Gasteiger charge is -2.05. The lowest BCUT2D eigenvalue weighted by Crippen LogP contribution is -2.03. The molecule has 19 heavy (non-hydrogen) atoms. The van der Waals surface area contributed by atoms with Gasteiger partial charge in [0.1, 0.15) is 0 Å². The SMILES string of the molecule is COCCCCCn1nnnc1-c1ccc(N)cc1. The summed E-state index contributed by atoms with van der Waals surface area (Å²) in [6.45, 7) is 1.62. The molecule has 0 unspecified atom stereocenters. The van der Waals surface area contributed by atoms with Crippen LogP contribution in [-0.2, 0) is 11.3 Å². The summed E-state index contributed by atoms with van der Waals surface area (Å²) in [5.41, 5.74) is 7.40. The van der Waals surface area contributed by atoms with Crippen LogP contribution >= 0.6 is 0 Å².